The lowest BCUT2D eigenvalue weighted by atomic mass is 10.1. The number of nitrogens with one attached hydrogen (secondary N) is 2. The second-order valence-electron chi connectivity index (χ2n) is 6.41. The molecule has 1 aromatic carbocycles. The van der Waals surface area contributed by atoms with Crippen LogP contribution in [0.5, 0.6) is 0 Å². The summed E-state index contributed by atoms with van der Waals surface area (Å²) in [7, 11) is 3.42. The van der Waals surface area contributed by atoms with Gasteiger partial charge >= 0.3 is 0 Å². The molecular formula is C18H28FIN4O2. The van der Waals surface area contributed by atoms with Crippen LogP contribution in [0.2, 0.25) is 0 Å². The summed E-state index contributed by atoms with van der Waals surface area (Å²) >= 11 is 0. The van der Waals surface area contributed by atoms with E-state index in [0.29, 0.717) is 24.6 Å². The Morgan fingerprint density at radius 2 is 2.15 bits per heavy atom. The summed E-state index contributed by atoms with van der Waals surface area (Å²) in [5.74, 6) is 0.288. The van der Waals surface area contributed by atoms with Crippen LogP contribution in [-0.4, -0.2) is 56.7 Å². The number of carbonyl (C=O) groups excluding carboxylic acids is 1. The summed E-state index contributed by atoms with van der Waals surface area (Å²) in [5, 5.41) is 6.26. The smallest absolute Gasteiger partial charge is 0.241 e. The molecule has 2 rings (SSSR count). The first kappa shape index (κ1) is 22.6. The third-order valence-electron chi connectivity index (χ3n) is 4.07. The van der Waals surface area contributed by atoms with Crippen molar-refractivity contribution in [2.24, 2.45) is 4.99 Å². The number of carbonyl (C=O) groups is 1. The summed E-state index contributed by atoms with van der Waals surface area (Å²) in [6.07, 6.45) is 2.26. The standard InChI is InChI=1S/C18H27FN4O2.HI/c1-13-9-14(6-7-16(13)19)10-20-18(22-12-17(24)23(2)3)21-11-15-5-4-8-25-15;/h6-7,9,15H,4-5,8,10-12H2,1-3H3,(H2,20,21,22);1H. The summed E-state index contributed by atoms with van der Waals surface area (Å²) in [6, 6.07) is 4.94. The van der Waals surface area contributed by atoms with Crippen LogP contribution in [0.1, 0.15) is 24.0 Å². The summed E-state index contributed by atoms with van der Waals surface area (Å²) in [5.41, 5.74) is 1.51. The van der Waals surface area contributed by atoms with Gasteiger partial charge in [-0.25, -0.2) is 9.38 Å². The van der Waals surface area contributed by atoms with E-state index >= 15 is 0 Å². The Hall–Kier alpha value is -1.42. The Balaban J connectivity index is 0.00000338. The van der Waals surface area contributed by atoms with E-state index < -0.39 is 0 Å². The molecule has 0 spiro atoms. The van der Waals surface area contributed by atoms with Gasteiger partial charge in [0.15, 0.2) is 5.96 Å². The SMILES string of the molecule is Cc1cc(CN=C(NCC(=O)N(C)C)NCC2CCCO2)ccc1F.I. The number of ether oxygens (including phenoxy) is 1. The first-order valence-corrected chi connectivity index (χ1v) is 8.54. The van der Waals surface area contributed by atoms with Crippen LogP contribution in [-0.2, 0) is 16.1 Å². The third kappa shape index (κ3) is 7.45. The quantitative estimate of drug-likeness (QED) is 0.373. The van der Waals surface area contributed by atoms with Crippen LogP contribution in [0.15, 0.2) is 23.2 Å². The molecule has 6 nitrogen and oxygen atoms in total. The molecule has 8 heteroatoms. The van der Waals surface area contributed by atoms with E-state index in [0.717, 1.165) is 25.0 Å². The van der Waals surface area contributed by atoms with Crippen molar-refractivity contribution in [1.29, 1.82) is 0 Å². The van der Waals surface area contributed by atoms with Gasteiger partial charge in [-0.2, -0.15) is 0 Å². The highest BCUT2D eigenvalue weighted by Gasteiger charge is 2.16. The van der Waals surface area contributed by atoms with Crippen molar-refractivity contribution in [3.05, 3.63) is 35.1 Å². The maximum absolute atomic E-state index is 13.4. The maximum Gasteiger partial charge on any atom is 0.241 e. The Morgan fingerprint density at radius 3 is 2.77 bits per heavy atom. The zero-order chi connectivity index (χ0) is 18.2. The number of nitrogens with zero attached hydrogens (tertiary/aromatic N) is 2. The summed E-state index contributed by atoms with van der Waals surface area (Å²) in [4.78, 5) is 17.8. The van der Waals surface area contributed by atoms with E-state index in [-0.39, 0.29) is 48.3 Å². The van der Waals surface area contributed by atoms with Crippen LogP contribution in [0.3, 0.4) is 0 Å². The van der Waals surface area contributed by atoms with Gasteiger partial charge in [-0.15, -0.1) is 24.0 Å². The first-order chi connectivity index (χ1) is 12.0. The molecule has 0 radical (unpaired) electrons. The van der Waals surface area contributed by atoms with Crippen molar-refractivity contribution in [2.45, 2.75) is 32.4 Å². The fourth-order valence-electron chi connectivity index (χ4n) is 2.48. The van der Waals surface area contributed by atoms with Gasteiger partial charge in [0.1, 0.15) is 5.82 Å². The largest absolute Gasteiger partial charge is 0.376 e. The van der Waals surface area contributed by atoms with Crippen LogP contribution in [0.4, 0.5) is 4.39 Å². The maximum atomic E-state index is 13.4. The van der Waals surface area contributed by atoms with Gasteiger partial charge in [-0.1, -0.05) is 12.1 Å². The molecule has 1 unspecified atom stereocenters. The van der Waals surface area contributed by atoms with Crippen molar-refractivity contribution in [2.75, 3.05) is 33.8 Å². The van der Waals surface area contributed by atoms with Crippen molar-refractivity contribution < 1.29 is 13.9 Å². The number of rotatable bonds is 6. The van der Waals surface area contributed by atoms with Crippen LogP contribution < -0.4 is 10.6 Å². The van der Waals surface area contributed by atoms with E-state index in [1.165, 1.54) is 11.0 Å². The van der Waals surface area contributed by atoms with Crippen LogP contribution in [0.25, 0.3) is 0 Å². The lowest BCUT2D eigenvalue weighted by Gasteiger charge is -2.17. The van der Waals surface area contributed by atoms with Gasteiger partial charge in [0.05, 0.1) is 19.2 Å². The predicted molar refractivity (Wildman–Crippen MR) is 111 cm³/mol. The van der Waals surface area contributed by atoms with Crippen molar-refractivity contribution in [3.8, 4) is 0 Å². The molecule has 0 aliphatic carbocycles. The normalized spacial score (nSPS) is 16.8. The molecule has 1 atom stereocenters. The van der Waals surface area contributed by atoms with Gasteiger partial charge in [0, 0.05) is 27.2 Å². The predicted octanol–water partition coefficient (Wildman–Crippen LogP) is 2.05. The molecule has 26 heavy (non-hydrogen) atoms. The molecule has 1 aromatic rings. The zero-order valence-corrected chi connectivity index (χ0v) is 17.9. The van der Waals surface area contributed by atoms with E-state index in [1.54, 1.807) is 33.2 Å². The Bertz CT molecular complexity index is 619. The van der Waals surface area contributed by atoms with Crippen LogP contribution in [0, 0.1) is 12.7 Å². The van der Waals surface area contributed by atoms with Gasteiger partial charge in [-0.3, -0.25) is 4.79 Å². The lowest BCUT2D eigenvalue weighted by molar-refractivity contribution is -0.127. The lowest BCUT2D eigenvalue weighted by Crippen LogP contribution is -2.45. The number of hydrogen-bond acceptors (Lipinski definition) is 3. The minimum absolute atomic E-state index is 0. The number of likely N-dealkylation sites (N-methyl/N-ethyl adjacent to an activating group) is 1. The van der Waals surface area contributed by atoms with E-state index in [4.69, 9.17) is 4.74 Å². The molecule has 1 amide bonds. The second kappa shape index (κ2) is 11.3. The minimum atomic E-state index is -0.223. The average Bonchev–Trinajstić information content (AvgIpc) is 3.10. The van der Waals surface area contributed by atoms with Crippen molar-refractivity contribution >= 4 is 35.8 Å². The summed E-state index contributed by atoms with van der Waals surface area (Å²) < 4.78 is 19.0. The van der Waals surface area contributed by atoms with Gasteiger partial charge in [0.2, 0.25) is 5.91 Å². The van der Waals surface area contributed by atoms with E-state index in [2.05, 4.69) is 15.6 Å². The molecule has 1 fully saturated rings. The van der Waals surface area contributed by atoms with Crippen LogP contribution >= 0.6 is 24.0 Å². The number of hydrogen-bond donors (Lipinski definition) is 2. The number of halogens is 2. The first-order valence-electron chi connectivity index (χ1n) is 8.54. The second-order valence-corrected chi connectivity index (χ2v) is 6.41. The number of aliphatic imine (C=N–C) groups is 1. The van der Waals surface area contributed by atoms with Crippen molar-refractivity contribution in [3.63, 3.8) is 0 Å². The number of amides is 1. The third-order valence-corrected chi connectivity index (χ3v) is 4.07. The molecule has 0 saturated carbocycles. The van der Waals surface area contributed by atoms with Gasteiger partial charge in [-0.05, 0) is 37.0 Å². The monoisotopic (exact) mass is 478 g/mol. The number of benzene rings is 1. The molecule has 0 bridgehead atoms. The topological polar surface area (TPSA) is 66.0 Å². The Labute approximate surface area is 171 Å². The molecule has 1 saturated heterocycles. The van der Waals surface area contributed by atoms with Crippen molar-refractivity contribution in [1.82, 2.24) is 15.5 Å². The summed E-state index contributed by atoms with van der Waals surface area (Å²) in [6.45, 7) is 3.72. The molecule has 1 aliphatic rings. The van der Waals surface area contributed by atoms with E-state index in [1.807, 2.05) is 0 Å². The Morgan fingerprint density at radius 1 is 1.38 bits per heavy atom. The zero-order valence-electron chi connectivity index (χ0n) is 15.5. The van der Waals surface area contributed by atoms with Gasteiger partial charge in [0.25, 0.3) is 0 Å². The molecule has 1 heterocycles. The highest BCUT2D eigenvalue weighted by atomic mass is 127. The number of guanidine groups is 1. The highest BCUT2D eigenvalue weighted by molar-refractivity contribution is 14.0. The minimum Gasteiger partial charge on any atom is -0.376 e. The van der Waals surface area contributed by atoms with E-state index in [9.17, 15) is 9.18 Å². The fraction of sp³-hybridized carbons (Fsp3) is 0.556. The fourth-order valence-corrected chi connectivity index (χ4v) is 2.48. The molecule has 1 aliphatic heterocycles. The molecule has 146 valence electrons. The molecule has 2 N–H and O–H groups in total. The molecular weight excluding hydrogens is 450 g/mol. The Kier molecular flexibility index (Phi) is 9.85. The number of aryl methyl sites for hydroxylation is 1. The highest BCUT2D eigenvalue weighted by Crippen LogP contribution is 2.11. The average molecular weight is 478 g/mol. The molecule has 0 aromatic heterocycles. The van der Waals surface area contributed by atoms with Gasteiger partial charge < -0.3 is 20.3 Å².